The molecule has 2 aromatic heterocycles. The molecular formula is C10H11Li5N5O14P3. The number of aromatic nitrogens is 4. The van der Waals surface area contributed by atoms with Crippen molar-refractivity contribution >= 4 is 40.6 Å². The van der Waals surface area contributed by atoms with Crippen LogP contribution in [0, 0.1) is 0 Å². The number of hydrogen-bond donors (Lipinski definition) is 3. The summed E-state index contributed by atoms with van der Waals surface area (Å²) < 4.78 is 51.3. The first-order valence-corrected chi connectivity index (χ1v) is 12.4. The molecule has 27 heteroatoms. The van der Waals surface area contributed by atoms with Gasteiger partial charge in [0.15, 0.2) is 11.9 Å². The largest absolute Gasteiger partial charge is 1.00 e. The van der Waals surface area contributed by atoms with Crippen LogP contribution in [0.5, 0.6) is 5.88 Å². The van der Waals surface area contributed by atoms with Gasteiger partial charge in [-0.2, -0.15) is 4.98 Å². The molecule has 19 nitrogen and oxygen atoms in total. The fraction of sp³-hybridized carbons (Fsp3) is 0.500. The van der Waals surface area contributed by atoms with E-state index in [-0.39, 0.29) is 105 Å². The van der Waals surface area contributed by atoms with Gasteiger partial charge in [-0.15, -0.1) is 0 Å². The fourth-order valence-electron chi connectivity index (χ4n) is 2.77. The number of phosphoric acid groups is 3. The van der Waals surface area contributed by atoms with E-state index in [9.17, 15) is 48.4 Å². The van der Waals surface area contributed by atoms with E-state index < -0.39 is 66.4 Å². The number of phosphoric ester groups is 2. The quantitative estimate of drug-likeness (QED) is 0.202. The molecule has 180 valence electrons. The molecule has 1 saturated heterocycles. The van der Waals surface area contributed by atoms with Gasteiger partial charge >= 0.3 is 102 Å². The molecule has 1 fully saturated rings. The van der Waals surface area contributed by atoms with Gasteiger partial charge in [0.05, 0.1) is 28.6 Å². The fourth-order valence-corrected chi connectivity index (χ4v) is 4.83. The van der Waals surface area contributed by atoms with Crippen molar-refractivity contribution in [2.75, 3.05) is 12.3 Å². The van der Waals surface area contributed by atoms with Gasteiger partial charge in [0.1, 0.15) is 23.8 Å². The smallest absolute Gasteiger partial charge is 0.857 e. The van der Waals surface area contributed by atoms with E-state index in [2.05, 4.69) is 28.3 Å². The van der Waals surface area contributed by atoms with Crippen LogP contribution >= 0.6 is 23.5 Å². The van der Waals surface area contributed by atoms with E-state index >= 15 is 0 Å². The average molecular weight is 553 g/mol. The number of nitrogens with two attached hydrogens (primary N) is 1. The van der Waals surface area contributed by atoms with Gasteiger partial charge in [0.25, 0.3) is 0 Å². The second-order valence-electron chi connectivity index (χ2n) is 6.08. The Bertz CT molecular complexity index is 1170. The summed E-state index contributed by atoms with van der Waals surface area (Å²) >= 11 is 0. The Balaban J connectivity index is -0.00000231. The van der Waals surface area contributed by atoms with Crippen LogP contribution in [0.25, 0.3) is 11.2 Å². The zero-order valence-corrected chi connectivity index (χ0v) is 22.8. The SMILES string of the molecule is Nc1nc([O-])c2ncn([C@@H]3O[C@H](COP(=O)([O-])[O-])[C@@H](OP(=O)(O)OP(=O)([O-])[O-])[C@H]3O)c2n1.[Li+].[Li+].[Li+].[Li+].[Li+]. The predicted octanol–water partition coefficient (Wildman–Crippen LogP) is -20.1. The predicted molar refractivity (Wildman–Crippen MR) is 86.0 cm³/mol. The maximum atomic E-state index is 11.8. The first-order chi connectivity index (χ1) is 14.6. The van der Waals surface area contributed by atoms with Crippen LogP contribution in [-0.2, 0) is 31.8 Å². The molecule has 1 aliphatic heterocycles. The van der Waals surface area contributed by atoms with Gasteiger partial charge in [0, 0.05) is 5.88 Å². The maximum Gasteiger partial charge on any atom is 1.00 e. The number of nitrogen functional groups attached to an aromatic ring is 1. The van der Waals surface area contributed by atoms with E-state index in [0.717, 1.165) is 10.9 Å². The normalized spacial score (nSPS) is 22.9. The van der Waals surface area contributed by atoms with Crippen molar-refractivity contribution in [3.05, 3.63) is 6.33 Å². The molecule has 37 heavy (non-hydrogen) atoms. The molecule has 3 heterocycles. The second kappa shape index (κ2) is 16.2. The standard InChI is InChI=1S/C10H16N5O14P3.5Li/c11-10-13-7-4(8(17)14-10)12-2-15(7)9-5(16)6(3(27-9)1-26-30(18,19)20)28-32(24,25)29-31(21,22)23;;;;;/h2-3,5-6,9,16H,1H2,(H,24,25)(H2,18,19,20)(H2,21,22,23)(H3,11,13,14,17);;;;;/q;5*+1/p-5/t3-,5-,6-,9-;;;;;/m1...../s1. The summed E-state index contributed by atoms with van der Waals surface area (Å²) in [7, 11) is -17.4. The molecule has 0 aliphatic carbocycles. The molecule has 0 spiro atoms. The Morgan fingerprint density at radius 1 is 1.05 bits per heavy atom. The number of aliphatic hydroxyl groups is 1. The van der Waals surface area contributed by atoms with Crippen LogP contribution < -0.4 is 125 Å². The van der Waals surface area contributed by atoms with Crippen LogP contribution in [0.4, 0.5) is 5.95 Å². The minimum absolute atomic E-state index is 0. The molecular weight excluding hydrogens is 542 g/mol. The van der Waals surface area contributed by atoms with Gasteiger partial charge in [0.2, 0.25) is 5.95 Å². The van der Waals surface area contributed by atoms with Crippen LogP contribution in [0.1, 0.15) is 6.23 Å². The molecule has 0 saturated carbocycles. The van der Waals surface area contributed by atoms with Gasteiger partial charge in [-0.05, 0) is 0 Å². The van der Waals surface area contributed by atoms with Crippen LogP contribution in [-0.4, -0.2) is 54.4 Å². The molecule has 0 bridgehead atoms. The number of anilines is 1. The molecule has 5 atom stereocenters. The third kappa shape index (κ3) is 11.7. The van der Waals surface area contributed by atoms with Crippen molar-refractivity contribution < 1.29 is 161 Å². The minimum atomic E-state index is -6.05. The number of nitrogens with zero attached hydrogens (tertiary/aromatic N) is 4. The number of hydrogen-bond acceptors (Lipinski definition) is 17. The minimum Gasteiger partial charge on any atom is -0.857 e. The zero-order valence-electron chi connectivity index (χ0n) is 20.1. The Labute approximate surface area is 268 Å². The summed E-state index contributed by atoms with van der Waals surface area (Å²) in [6.45, 7) is -1.18. The number of ether oxygens (including phenoxy) is 1. The number of rotatable bonds is 8. The third-order valence-electron chi connectivity index (χ3n) is 3.85. The molecule has 1 aliphatic rings. The van der Waals surface area contributed by atoms with E-state index in [4.69, 9.17) is 10.5 Å². The summed E-state index contributed by atoms with van der Waals surface area (Å²) in [5.41, 5.74) is 4.79. The van der Waals surface area contributed by atoms with Crippen molar-refractivity contribution in [1.29, 1.82) is 0 Å². The summed E-state index contributed by atoms with van der Waals surface area (Å²) in [5.74, 6) is -1.39. The van der Waals surface area contributed by atoms with E-state index in [1.54, 1.807) is 0 Å². The van der Waals surface area contributed by atoms with Crippen molar-refractivity contribution in [2.45, 2.75) is 24.5 Å². The Kier molecular flexibility index (Phi) is 18.7. The first kappa shape index (κ1) is 42.9. The zero-order chi connectivity index (χ0) is 24.1. The molecule has 2 aromatic rings. The third-order valence-corrected chi connectivity index (χ3v) is 6.45. The number of fused-ring (bicyclic) bond motifs is 1. The van der Waals surface area contributed by atoms with Crippen molar-refractivity contribution in [2.24, 2.45) is 0 Å². The second-order valence-corrected chi connectivity index (χ2v) is 9.93. The van der Waals surface area contributed by atoms with Gasteiger partial charge < -0.3 is 58.8 Å². The molecule has 3 rings (SSSR count). The maximum absolute atomic E-state index is 11.8. The molecule has 1 unspecified atom stereocenters. The molecule has 0 amide bonds. The van der Waals surface area contributed by atoms with Crippen molar-refractivity contribution in [1.82, 2.24) is 19.5 Å². The van der Waals surface area contributed by atoms with E-state index in [0.29, 0.717) is 0 Å². The van der Waals surface area contributed by atoms with Crippen LogP contribution in [0.2, 0.25) is 0 Å². The van der Waals surface area contributed by atoms with Crippen LogP contribution in [0.15, 0.2) is 6.33 Å². The Hall–Kier alpha value is 1.43. The summed E-state index contributed by atoms with van der Waals surface area (Å²) in [6.07, 6.45) is -6.74. The van der Waals surface area contributed by atoms with E-state index in [1.807, 2.05) is 0 Å². The monoisotopic (exact) mass is 553 g/mol. The number of imidazole rings is 1. The Morgan fingerprint density at radius 2 is 1.62 bits per heavy atom. The topological polar surface area (TPSA) is 314 Å². The van der Waals surface area contributed by atoms with Gasteiger partial charge in [-0.1, -0.05) is 0 Å². The summed E-state index contributed by atoms with van der Waals surface area (Å²) in [6, 6.07) is 0. The Morgan fingerprint density at radius 3 is 2.14 bits per heavy atom. The van der Waals surface area contributed by atoms with Gasteiger partial charge in [-0.3, -0.25) is 13.4 Å². The summed E-state index contributed by atoms with van der Waals surface area (Å²) in [4.78, 5) is 63.1. The molecule has 4 N–H and O–H groups in total. The van der Waals surface area contributed by atoms with Crippen LogP contribution in [0.3, 0.4) is 0 Å². The summed E-state index contributed by atoms with van der Waals surface area (Å²) in [5, 5.41) is 22.4. The first-order valence-electron chi connectivity index (χ1n) is 7.98. The van der Waals surface area contributed by atoms with Crippen molar-refractivity contribution in [3.63, 3.8) is 0 Å². The molecule has 0 aromatic carbocycles. The average Bonchev–Trinajstić information content (AvgIpc) is 3.12. The number of aliphatic hydroxyl groups excluding tert-OH is 1. The van der Waals surface area contributed by atoms with E-state index in [1.165, 1.54) is 0 Å². The van der Waals surface area contributed by atoms with Crippen molar-refractivity contribution in [3.8, 4) is 5.88 Å². The van der Waals surface area contributed by atoms with Gasteiger partial charge in [-0.25, -0.2) is 14.5 Å². The molecule has 0 radical (unpaired) electrons.